The van der Waals surface area contributed by atoms with Crippen LogP contribution in [0.15, 0.2) is 0 Å². The van der Waals surface area contributed by atoms with Crippen LogP contribution in [0.25, 0.3) is 0 Å². The maximum atomic E-state index is 11.2. The summed E-state index contributed by atoms with van der Waals surface area (Å²) in [6.45, 7) is 2.05. The molecule has 86 valence electrons. The minimum atomic E-state index is -3.06. The van der Waals surface area contributed by atoms with Gasteiger partial charge in [0.05, 0.1) is 18.8 Å². The van der Waals surface area contributed by atoms with Crippen molar-refractivity contribution in [2.45, 2.75) is 13.0 Å². The SMILES string of the molecule is C#CCNCC(=O)NC(C)CS(C)(=O)=O. The quantitative estimate of drug-likeness (QED) is 0.443. The monoisotopic (exact) mass is 232 g/mol. The molecule has 1 amide bonds. The van der Waals surface area contributed by atoms with E-state index in [1.54, 1.807) is 6.92 Å². The van der Waals surface area contributed by atoms with E-state index < -0.39 is 9.84 Å². The molecule has 0 bridgehead atoms. The van der Waals surface area contributed by atoms with Crippen LogP contribution in [0, 0.1) is 12.3 Å². The highest BCUT2D eigenvalue weighted by molar-refractivity contribution is 7.90. The number of amides is 1. The van der Waals surface area contributed by atoms with Crippen molar-refractivity contribution < 1.29 is 13.2 Å². The molecule has 0 saturated heterocycles. The molecular weight excluding hydrogens is 216 g/mol. The van der Waals surface area contributed by atoms with Crippen molar-refractivity contribution in [1.82, 2.24) is 10.6 Å². The Kier molecular flexibility index (Phi) is 5.97. The summed E-state index contributed by atoms with van der Waals surface area (Å²) < 4.78 is 21.8. The minimum Gasteiger partial charge on any atom is -0.352 e. The van der Waals surface area contributed by atoms with E-state index in [4.69, 9.17) is 6.42 Å². The van der Waals surface area contributed by atoms with Gasteiger partial charge in [-0.25, -0.2) is 8.42 Å². The molecule has 0 aliphatic rings. The highest BCUT2D eigenvalue weighted by Gasteiger charge is 2.12. The van der Waals surface area contributed by atoms with Crippen LogP contribution in [-0.2, 0) is 14.6 Å². The molecule has 0 aromatic heterocycles. The summed E-state index contributed by atoms with van der Waals surface area (Å²) >= 11 is 0. The van der Waals surface area contributed by atoms with Gasteiger partial charge >= 0.3 is 0 Å². The van der Waals surface area contributed by atoms with Gasteiger partial charge in [-0.05, 0) is 6.92 Å². The molecule has 1 atom stereocenters. The first kappa shape index (κ1) is 13.9. The van der Waals surface area contributed by atoms with Gasteiger partial charge in [0.25, 0.3) is 0 Å². The average molecular weight is 232 g/mol. The van der Waals surface area contributed by atoms with Gasteiger partial charge in [-0.15, -0.1) is 6.42 Å². The minimum absolute atomic E-state index is 0.0616. The largest absolute Gasteiger partial charge is 0.352 e. The number of hydrogen-bond acceptors (Lipinski definition) is 4. The molecule has 0 rings (SSSR count). The van der Waals surface area contributed by atoms with Gasteiger partial charge in [-0.2, -0.15) is 0 Å². The van der Waals surface area contributed by atoms with E-state index in [9.17, 15) is 13.2 Å². The van der Waals surface area contributed by atoms with E-state index in [1.165, 1.54) is 0 Å². The molecule has 1 unspecified atom stereocenters. The van der Waals surface area contributed by atoms with E-state index in [1.807, 2.05) is 0 Å². The van der Waals surface area contributed by atoms with E-state index >= 15 is 0 Å². The third-order valence-corrected chi connectivity index (χ3v) is 2.58. The van der Waals surface area contributed by atoms with Crippen LogP contribution in [-0.4, -0.2) is 45.5 Å². The Labute approximate surface area is 90.5 Å². The lowest BCUT2D eigenvalue weighted by Crippen LogP contribution is -2.42. The molecule has 6 heteroatoms. The number of terminal acetylenes is 1. The molecule has 0 aliphatic carbocycles. The molecule has 0 fully saturated rings. The van der Waals surface area contributed by atoms with Gasteiger partial charge in [0.15, 0.2) is 0 Å². The maximum Gasteiger partial charge on any atom is 0.234 e. The average Bonchev–Trinajstić information content (AvgIpc) is 2.00. The van der Waals surface area contributed by atoms with Gasteiger partial charge < -0.3 is 5.32 Å². The molecule has 0 saturated carbocycles. The first-order chi connectivity index (χ1) is 6.85. The van der Waals surface area contributed by atoms with Crippen LogP contribution >= 0.6 is 0 Å². The lowest BCUT2D eigenvalue weighted by atomic mass is 10.4. The van der Waals surface area contributed by atoms with Crippen molar-refractivity contribution in [3.8, 4) is 12.3 Å². The first-order valence-corrected chi connectivity index (χ1v) is 6.52. The van der Waals surface area contributed by atoms with Crippen LogP contribution in [0.4, 0.5) is 0 Å². The second-order valence-electron chi connectivity index (χ2n) is 3.37. The molecule has 0 heterocycles. The Hall–Kier alpha value is -1.06. The highest BCUT2D eigenvalue weighted by atomic mass is 32.2. The van der Waals surface area contributed by atoms with Gasteiger partial charge in [0.1, 0.15) is 9.84 Å². The highest BCUT2D eigenvalue weighted by Crippen LogP contribution is 1.89. The molecule has 0 spiro atoms. The second-order valence-corrected chi connectivity index (χ2v) is 5.55. The second kappa shape index (κ2) is 6.43. The number of rotatable bonds is 6. The third-order valence-electron chi connectivity index (χ3n) is 1.47. The topological polar surface area (TPSA) is 75.3 Å². The fraction of sp³-hybridized carbons (Fsp3) is 0.667. The summed E-state index contributed by atoms with van der Waals surface area (Å²) in [6, 6.07) is -0.389. The Morgan fingerprint density at radius 3 is 2.60 bits per heavy atom. The van der Waals surface area contributed by atoms with Gasteiger partial charge in [-0.1, -0.05) is 5.92 Å². The number of carbonyl (C=O) groups is 1. The zero-order valence-electron chi connectivity index (χ0n) is 8.91. The Morgan fingerprint density at radius 1 is 1.53 bits per heavy atom. The maximum absolute atomic E-state index is 11.2. The molecule has 15 heavy (non-hydrogen) atoms. The predicted molar refractivity (Wildman–Crippen MR) is 59.0 cm³/mol. The zero-order chi connectivity index (χ0) is 11.9. The number of carbonyl (C=O) groups excluding carboxylic acids is 1. The lowest BCUT2D eigenvalue weighted by Gasteiger charge is -2.12. The van der Waals surface area contributed by atoms with E-state index in [0.29, 0.717) is 6.54 Å². The fourth-order valence-electron chi connectivity index (χ4n) is 1.07. The summed E-state index contributed by atoms with van der Waals surface area (Å²) in [4.78, 5) is 11.2. The summed E-state index contributed by atoms with van der Waals surface area (Å²) in [7, 11) is -3.06. The number of nitrogens with one attached hydrogen (secondary N) is 2. The molecule has 5 nitrogen and oxygen atoms in total. The molecule has 0 aromatic rings. The zero-order valence-corrected chi connectivity index (χ0v) is 9.73. The molecular formula is C9H16N2O3S. The van der Waals surface area contributed by atoms with Crippen LogP contribution in [0.1, 0.15) is 6.92 Å². The normalized spacial score (nSPS) is 12.9. The summed E-state index contributed by atoms with van der Waals surface area (Å²) in [5, 5.41) is 5.25. The lowest BCUT2D eigenvalue weighted by molar-refractivity contribution is -0.120. The van der Waals surface area contributed by atoms with Crippen LogP contribution in [0.2, 0.25) is 0 Å². The van der Waals surface area contributed by atoms with Gasteiger partial charge in [0, 0.05) is 12.3 Å². The van der Waals surface area contributed by atoms with Crippen molar-refractivity contribution in [3.63, 3.8) is 0 Å². The molecule has 0 radical (unpaired) electrons. The number of sulfone groups is 1. The Balaban J connectivity index is 3.83. The van der Waals surface area contributed by atoms with Crippen molar-refractivity contribution in [2.75, 3.05) is 25.1 Å². The Bertz CT molecular complexity index is 343. The predicted octanol–water partition coefficient (Wildman–Crippen LogP) is -1.24. The standard InChI is InChI=1S/C9H16N2O3S/c1-4-5-10-6-9(12)11-8(2)7-15(3,13)14/h1,8,10H,5-7H2,2-3H3,(H,11,12). The molecule has 2 N–H and O–H groups in total. The molecule has 0 aromatic carbocycles. The van der Waals surface area contributed by atoms with Crippen molar-refractivity contribution in [2.24, 2.45) is 0 Å². The third kappa shape index (κ3) is 9.25. The fourth-order valence-corrected chi connectivity index (χ4v) is 2.06. The van der Waals surface area contributed by atoms with Crippen LogP contribution in [0.3, 0.4) is 0 Å². The van der Waals surface area contributed by atoms with Crippen molar-refractivity contribution in [3.05, 3.63) is 0 Å². The van der Waals surface area contributed by atoms with Crippen molar-refractivity contribution in [1.29, 1.82) is 0 Å². The van der Waals surface area contributed by atoms with Crippen molar-refractivity contribution >= 4 is 15.7 Å². The van der Waals surface area contributed by atoms with E-state index in [-0.39, 0.29) is 24.2 Å². The summed E-state index contributed by atoms with van der Waals surface area (Å²) in [6.07, 6.45) is 6.11. The van der Waals surface area contributed by atoms with E-state index in [0.717, 1.165) is 6.26 Å². The Morgan fingerprint density at radius 2 is 2.13 bits per heavy atom. The van der Waals surface area contributed by atoms with Crippen LogP contribution < -0.4 is 10.6 Å². The van der Waals surface area contributed by atoms with Crippen LogP contribution in [0.5, 0.6) is 0 Å². The number of hydrogen-bond donors (Lipinski definition) is 2. The van der Waals surface area contributed by atoms with E-state index in [2.05, 4.69) is 16.6 Å². The van der Waals surface area contributed by atoms with Gasteiger partial charge in [-0.3, -0.25) is 10.1 Å². The summed E-state index contributed by atoms with van der Waals surface area (Å²) in [5.74, 6) is 2.00. The summed E-state index contributed by atoms with van der Waals surface area (Å²) in [5.41, 5.74) is 0. The first-order valence-electron chi connectivity index (χ1n) is 4.46. The molecule has 0 aliphatic heterocycles. The van der Waals surface area contributed by atoms with Gasteiger partial charge in [0.2, 0.25) is 5.91 Å². The smallest absolute Gasteiger partial charge is 0.234 e.